The predicted molar refractivity (Wildman–Crippen MR) is 102 cm³/mol. The summed E-state index contributed by atoms with van der Waals surface area (Å²) in [6.45, 7) is 4.30. The molecule has 0 N–H and O–H groups in total. The molecule has 3 heterocycles. The van der Waals surface area contributed by atoms with Crippen LogP contribution in [0.5, 0.6) is 0 Å². The molecule has 0 aliphatic rings. The second-order valence-electron chi connectivity index (χ2n) is 5.45. The standard InChI is InChI=1S/C19H14N2OS2/c1-2-11-21-18(23)16-17(22-19(21)24)15(13-8-4-3-5-9-13)14-10-6-7-12-20(14)16/h2-10,12H,1,11H2. The summed E-state index contributed by atoms with van der Waals surface area (Å²) in [5.74, 6) is 0. The lowest BCUT2D eigenvalue weighted by Gasteiger charge is -2.05. The Bertz CT molecular complexity index is 1180. The minimum Gasteiger partial charge on any atom is -0.428 e. The molecule has 0 bridgehead atoms. The molecule has 118 valence electrons. The van der Waals surface area contributed by atoms with Crippen molar-refractivity contribution in [3.8, 4) is 11.1 Å². The van der Waals surface area contributed by atoms with Gasteiger partial charge in [-0.25, -0.2) is 0 Å². The predicted octanol–water partition coefficient (Wildman–Crippen LogP) is 5.80. The van der Waals surface area contributed by atoms with Gasteiger partial charge in [0, 0.05) is 12.7 Å². The first-order valence-electron chi connectivity index (χ1n) is 7.55. The van der Waals surface area contributed by atoms with Crippen LogP contribution in [-0.4, -0.2) is 8.97 Å². The minimum absolute atomic E-state index is 0.362. The van der Waals surface area contributed by atoms with Crippen LogP contribution in [0.1, 0.15) is 0 Å². The van der Waals surface area contributed by atoms with Gasteiger partial charge in [-0.15, -0.1) is 6.58 Å². The number of fused-ring (bicyclic) bond motifs is 3. The van der Waals surface area contributed by atoms with Crippen molar-refractivity contribution in [2.45, 2.75) is 6.54 Å². The fourth-order valence-electron chi connectivity index (χ4n) is 3.01. The molecule has 0 unspecified atom stereocenters. The first-order chi connectivity index (χ1) is 11.7. The Morgan fingerprint density at radius 3 is 2.54 bits per heavy atom. The smallest absolute Gasteiger partial charge is 0.270 e. The molecule has 4 aromatic rings. The van der Waals surface area contributed by atoms with Crippen LogP contribution in [0.4, 0.5) is 0 Å². The van der Waals surface area contributed by atoms with Crippen molar-refractivity contribution in [3.63, 3.8) is 0 Å². The van der Waals surface area contributed by atoms with Gasteiger partial charge < -0.3 is 8.82 Å². The minimum atomic E-state index is 0.362. The third-order valence-electron chi connectivity index (χ3n) is 4.03. The van der Waals surface area contributed by atoms with E-state index >= 15 is 0 Å². The monoisotopic (exact) mass is 350 g/mol. The average molecular weight is 350 g/mol. The van der Waals surface area contributed by atoms with Gasteiger partial charge in [-0.1, -0.05) is 54.7 Å². The molecule has 3 aromatic heterocycles. The lowest BCUT2D eigenvalue weighted by molar-refractivity contribution is 0.508. The number of hydrogen-bond acceptors (Lipinski definition) is 3. The van der Waals surface area contributed by atoms with Gasteiger partial charge in [0.2, 0.25) is 0 Å². The second-order valence-corrected chi connectivity index (χ2v) is 6.18. The zero-order valence-electron chi connectivity index (χ0n) is 12.8. The van der Waals surface area contributed by atoms with Crippen LogP contribution in [0, 0.1) is 9.48 Å². The van der Waals surface area contributed by atoms with Crippen LogP contribution in [0.3, 0.4) is 0 Å². The summed E-state index contributed by atoms with van der Waals surface area (Å²) in [5, 5.41) is 0. The largest absolute Gasteiger partial charge is 0.428 e. The van der Waals surface area contributed by atoms with Crippen molar-refractivity contribution in [1.82, 2.24) is 8.97 Å². The van der Waals surface area contributed by atoms with E-state index in [1.54, 1.807) is 10.6 Å². The van der Waals surface area contributed by atoms with Crippen molar-refractivity contribution in [3.05, 3.63) is 76.9 Å². The van der Waals surface area contributed by atoms with E-state index in [4.69, 9.17) is 28.9 Å². The number of aromatic nitrogens is 2. The summed E-state index contributed by atoms with van der Waals surface area (Å²) in [6.07, 6.45) is 3.76. The summed E-state index contributed by atoms with van der Waals surface area (Å²) >= 11 is 11.1. The first-order valence-corrected chi connectivity index (χ1v) is 8.37. The van der Waals surface area contributed by atoms with E-state index in [1.807, 2.05) is 36.5 Å². The SMILES string of the molecule is C=CCn1c(=S)oc2c(-c3ccccc3)c3ccccn3c2c1=S. The Hall–Kier alpha value is -2.50. The molecule has 0 aliphatic carbocycles. The molecule has 0 amide bonds. The molecule has 1 aromatic carbocycles. The second kappa shape index (κ2) is 5.85. The van der Waals surface area contributed by atoms with Crippen molar-refractivity contribution < 1.29 is 4.42 Å². The lowest BCUT2D eigenvalue weighted by atomic mass is 10.1. The van der Waals surface area contributed by atoms with Gasteiger partial charge in [-0.3, -0.25) is 4.57 Å². The van der Waals surface area contributed by atoms with Gasteiger partial charge in [0.05, 0.1) is 11.1 Å². The lowest BCUT2D eigenvalue weighted by Crippen LogP contribution is -2.01. The van der Waals surface area contributed by atoms with E-state index in [2.05, 4.69) is 29.2 Å². The highest BCUT2D eigenvalue weighted by Gasteiger charge is 2.18. The van der Waals surface area contributed by atoms with E-state index in [1.165, 1.54) is 0 Å². The Morgan fingerprint density at radius 1 is 1.04 bits per heavy atom. The maximum absolute atomic E-state index is 6.04. The Labute approximate surface area is 149 Å². The molecule has 0 aliphatic heterocycles. The molecule has 0 saturated heterocycles. The summed E-state index contributed by atoms with van der Waals surface area (Å²) in [7, 11) is 0. The van der Waals surface area contributed by atoms with Crippen LogP contribution >= 0.6 is 24.4 Å². The molecule has 0 spiro atoms. The van der Waals surface area contributed by atoms with Crippen molar-refractivity contribution in [2.24, 2.45) is 0 Å². The summed E-state index contributed by atoms with van der Waals surface area (Å²) < 4.78 is 10.5. The number of benzene rings is 1. The van der Waals surface area contributed by atoms with Gasteiger partial charge in [0.1, 0.15) is 10.2 Å². The normalized spacial score (nSPS) is 11.2. The first kappa shape index (κ1) is 15.1. The fraction of sp³-hybridized carbons (Fsp3) is 0.0526. The van der Waals surface area contributed by atoms with E-state index in [0.717, 1.165) is 27.7 Å². The van der Waals surface area contributed by atoms with Crippen molar-refractivity contribution in [1.29, 1.82) is 0 Å². The molecule has 3 nitrogen and oxygen atoms in total. The summed E-state index contributed by atoms with van der Waals surface area (Å²) in [4.78, 5) is 0.362. The van der Waals surface area contributed by atoms with Gasteiger partial charge in [0.15, 0.2) is 5.58 Å². The zero-order chi connectivity index (χ0) is 16.7. The van der Waals surface area contributed by atoms with Crippen LogP contribution < -0.4 is 0 Å². The number of nitrogens with zero attached hydrogens (tertiary/aromatic N) is 2. The molecule has 4 rings (SSSR count). The number of rotatable bonds is 3. The number of hydrogen-bond donors (Lipinski definition) is 0. The molecular weight excluding hydrogens is 336 g/mol. The Morgan fingerprint density at radius 2 is 1.79 bits per heavy atom. The van der Waals surface area contributed by atoms with Gasteiger partial charge in [-0.05, 0) is 29.9 Å². The molecule has 0 atom stereocenters. The maximum Gasteiger partial charge on any atom is 0.270 e. The van der Waals surface area contributed by atoms with Crippen LogP contribution in [0.2, 0.25) is 0 Å². The molecule has 0 saturated carbocycles. The van der Waals surface area contributed by atoms with Crippen LogP contribution in [0.25, 0.3) is 27.7 Å². The summed E-state index contributed by atoms with van der Waals surface area (Å²) in [6, 6.07) is 16.2. The maximum atomic E-state index is 6.04. The highest BCUT2D eigenvalue weighted by Crippen LogP contribution is 2.35. The van der Waals surface area contributed by atoms with Crippen LogP contribution in [0.15, 0.2) is 71.8 Å². The average Bonchev–Trinajstić information content (AvgIpc) is 2.93. The number of pyridine rings is 1. The van der Waals surface area contributed by atoms with Crippen molar-refractivity contribution in [2.75, 3.05) is 0 Å². The Balaban J connectivity index is 2.26. The van der Waals surface area contributed by atoms with Crippen molar-refractivity contribution >= 4 is 41.1 Å². The third-order valence-corrected chi connectivity index (χ3v) is 4.75. The third kappa shape index (κ3) is 2.17. The topological polar surface area (TPSA) is 22.5 Å². The summed E-state index contributed by atoms with van der Waals surface area (Å²) in [5.41, 5.74) is 4.70. The van der Waals surface area contributed by atoms with Gasteiger partial charge >= 0.3 is 0 Å². The highest BCUT2D eigenvalue weighted by molar-refractivity contribution is 7.72. The molecule has 24 heavy (non-hydrogen) atoms. The molecule has 5 heteroatoms. The number of allylic oxidation sites excluding steroid dienone is 1. The molecular formula is C19H14N2OS2. The zero-order valence-corrected chi connectivity index (χ0v) is 14.4. The molecule has 0 radical (unpaired) electrons. The Kier molecular flexibility index (Phi) is 3.67. The van der Waals surface area contributed by atoms with Gasteiger partial charge in [-0.2, -0.15) is 0 Å². The molecule has 0 fully saturated rings. The fourth-order valence-corrected chi connectivity index (χ4v) is 3.66. The van der Waals surface area contributed by atoms with E-state index in [9.17, 15) is 0 Å². The van der Waals surface area contributed by atoms with E-state index in [0.29, 0.717) is 16.0 Å². The quantitative estimate of drug-likeness (QED) is 0.344. The van der Waals surface area contributed by atoms with E-state index < -0.39 is 0 Å². The van der Waals surface area contributed by atoms with Crippen LogP contribution in [-0.2, 0) is 6.54 Å². The van der Waals surface area contributed by atoms with Gasteiger partial charge in [0.25, 0.3) is 4.84 Å². The highest BCUT2D eigenvalue weighted by atomic mass is 32.1. The van der Waals surface area contributed by atoms with E-state index in [-0.39, 0.29) is 0 Å².